The van der Waals surface area contributed by atoms with Gasteiger partial charge >= 0.3 is 10.1 Å². The number of halogens is 1. The number of hydrogen-bond acceptors (Lipinski definition) is 6. The molecule has 0 saturated carbocycles. The van der Waals surface area contributed by atoms with Crippen molar-refractivity contribution in [1.82, 2.24) is 0 Å². The number of hydrogen-bond donors (Lipinski definition) is 0. The van der Waals surface area contributed by atoms with Crippen LogP contribution in [0, 0.1) is 10.5 Å². The van der Waals surface area contributed by atoms with Gasteiger partial charge in [-0.05, 0) is 59.8 Å². The van der Waals surface area contributed by atoms with Crippen molar-refractivity contribution in [3.05, 3.63) is 51.6 Å². The molecule has 0 bridgehead atoms. The molecule has 0 unspecified atom stereocenters. The maximum atomic E-state index is 12.1. The Morgan fingerprint density at radius 3 is 2.00 bits per heavy atom. The minimum atomic E-state index is -4.60. The summed E-state index contributed by atoms with van der Waals surface area (Å²) in [4.78, 5) is -0.466. The zero-order valence-electron chi connectivity index (χ0n) is 11.2. The predicted octanol–water partition coefficient (Wildman–Crippen LogP) is 2.27. The number of benzene rings is 2. The molecule has 0 heterocycles. The van der Waals surface area contributed by atoms with Gasteiger partial charge in [-0.2, -0.15) is 8.42 Å². The van der Waals surface area contributed by atoms with E-state index in [9.17, 15) is 21.4 Å². The molecule has 0 aliphatic heterocycles. The summed E-state index contributed by atoms with van der Waals surface area (Å²) in [6, 6.07) is 9.29. The summed E-state index contributed by atoms with van der Waals surface area (Å²) in [5, 5.41) is 0. The van der Waals surface area contributed by atoms with Gasteiger partial charge in [-0.15, -0.1) is 0 Å². The third-order valence-electron chi connectivity index (χ3n) is 2.70. The van der Waals surface area contributed by atoms with Gasteiger partial charge in [-0.25, -0.2) is 8.42 Å². The van der Waals surface area contributed by atoms with Gasteiger partial charge in [-0.3, -0.25) is 0 Å². The van der Waals surface area contributed by atoms with Crippen LogP contribution in [0.4, 0.5) is 0 Å². The van der Waals surface area contributed by atoms with E-state index in [1.54, 1.807) is 34.7 Å². The minimum Gasteiger partial charge on any atom is -0.744 e. The molecule has 22 heavy (non-hydrogen) atoms. The second-order valence-electron chi connectivity index (χ2n) is 4.40. The smallest absolute Gasteiger partial charge is 0.339 e. The molecular formula is C13H10IO6S2-. The molecule has 0 aliphatic rings. The maximum absolute atomic E-state index is 12.1. The van der Waals surface area contributed by atoms with E-state index < -0.39 is 25.1 Å². The van der Waals surface area contributed by atoms with E-state index in [0.29, 0.717) is 0 Å². The van der Waals surface area contributed by atoms with Crippen LogP contribution >= 0.6 is 22.6 Å². The normalized spacial score (nSPS) is 12.1. The fourth-order valence-corrected chi connectivity index (χ4v) is 4.01. The summed E-state index contributed by atoms with van der Waals surface area (Å²) in [6.45, 7) is 1.82. The van der Waals surface area contributed by atoms with E-state index in [1.165, 1.54) is 12.1 Å². The SMILES string of the molecule is Cc1ccc(S(=O)(=O)Oc2ccc(S(=O)(=O)[O-])cc2I)cc1. The molecule has 9 heteroatoms. The van der Waals surface area contributed by atoms with Crippen molar-refractivity contribution in [2.45, 2.75) is 16.7 Å². The molecule has 0 aromatic heterocycles. The largest absolute Gasteiger partial charge is 0.744 e. The fourth-order valence-electron chi connectivity index (χ4n) is 1.58. The van der Waals surface area contributed by atoms with E-state index in [0.717, 1.165) is 23.8 Å². The van der Waals surface area contributed by atoms with E-state index in [2.05, 4.69) is 0 Å². The van der Waals surface area contributed by atoms with Gasteiger partial charge in [0.15, 0.2) is 5.75 Å². The quantitative estimate of drug-likeness (QED) is 0.400. The minimum absolute atomic E-state index is 0.0191. The standard InChI is InChI=1S/C13H11IO6S2/c1-9-2-4-10(5-3-9)22(18,19)20-13-7-6-11(8-12(13)14)21(15,16)17/h2-8H,1H3,(H,15,16,17)/p-1. The number of aryl methyl sites for hydroxylation is 1. The fraction of sp³-hybridized carbons (Fsp3) is 0.0769. The Bertz CT molecular complexity index is 902. The first-order valence-electron chi connectivity index (χ1n) is 5.86. The Morgan fingerprint density at radius 1 is 0.955 bits per heavy atom. The van der Waals surface area contributed by atoms with Gasteiger partial charge in [0.2, 0.25) is 0 Å². The highest BCUT2D eigenvalue weighted by Crippen LogP contribution is 2.27. The second kappa shape index (κ2) is 6.14. The summed E-state index contributed by atoms with van der Waals surface area (Å²) in [7, 11) is -8.64. The predicted molar refractivity (Wildman–Crippen MR) is 86.1 cm³/mol. The van der Waals surface area contributed by atoms with Crippen LogP contribution in [0.1, 0.15) is 5.56 Å². The van der Waals surface area contributed by atoms with Crippen molar-refractivity contribution >= 4 is 42.8 Å². The lowest BCUT2D eigenvalue weighted by molar-refractivity contribution is 0.462. The van der Waals surface area contributed by atoms with Gasteiger partial charge in [0.1, 0.15) is 15.0 Å². The lowest BCUT2D eigenvalue weighted by Crippen LogP contribution is -2.11. The Labute approximate surface area is 142 Å². The zero-order valence-corrected chi connectivity index (χ0v) is 15.0. The topological polar surface area (TPSA) is 101 Å². The molecule has 0 aliphatic carbocycles. The molecule has 2 aromatic rings. The van der Waals surface area contributed by atoms with Crippen molar-refractivity contribution in [2.24, 2.45) is 0 Å². The van der Waals surface area contributed by atoms with E-state index in [1.807, 2.05) is 6.92 Å². The van der Waals surface area contributed by atoms with Crippen LogP contribution in [0.2, 0.25) is 0 Å². The summed E-state index contributed by atoms with van der Waals surface area (Å²) in [5.74, 6) is -0.0476. The molecule has 0 saturated heterocycles. The lowest BCUT2D eigenvalue weighted by atomic mass is 10.2. The molecule has 0 N–H and O–H groups in total. The third kappa shape index (κ3) is 3.97. The van der Waals surface area contributed by atoms with Gasteiger partial charge in [0.25, 0.3) is 0 Å². The molecule has 118 valence electrons. The first kappa shape index (κ1) is 17.2. The average molecular weight is 453 g/mol. The van der Waals surface area contributed by atoms with Crippen LogP contribution in [0.15, 0.2) is 52.3 Å². The highest BCUT2D eigenvalue weighted by molar-refractivity contribution is 14.1. The van der Waals surface area contributed by atoms with Crippen molar-refractivity contribution in [1.29, 1.82) is 0 Å². The molecule has 0 fully saturated rings. The van der Waals surface area contributed by atoms with Crippen LogP contribution in [0.25, 0.3) is 0 Å². The number of rotatable bonds is 4. The molecular weight excluding hydrogens is 443 g/mol. The van der Waals surface area contributed by atoms with Gasteiger partial charge < -0.3 is 8.74 Å². The zero-order chi connectivity index (χ0) is 16.5. The highest BCUT2D eigenvalue weighted by atomic mass is 127. The molecule has 0 spiro atoms. The Kier molecular flexibility index (Phi) is 4.80. The molecule has 0 atom stereocenters. The average Bonchev–Trinajstić information content (AvgIpc) is 2.40. The van der Waals surface area contributed by atoms with Gasteiger partial charge in [0, 0.05) is 0 Å². The van der Waals surface area contributed by atoms with Crippen molar-refractivity contribution < 1.29 is 25.6 Å². The Balaban J connectivity index is 2.36. The first-order valence-corrected chi connectivity index (χ1v) is 9.76. The molecule has 2 aromatic carbocycles. The maximum Gasteiger partial charge on any atom is 0.339 e. The molecule has 0 radical (unpaired) electrons. The molecule has 6 nitrogen and oxygen atoms in total. The van der Waals surface area contributed by atoms with Crippen LogP contribution in [0.3, 0.4) is 0 Å². The van der Waals surface area contributed by atoms with Crippen LogP contribution in [-0.4, -0.2) is 21.4 Å². The first-order chi connectivity index (χ1) is 10.1. The molecule has 2 rings (SSSR count). The van der Waals surface area contributed by atoms with Crippen molar-refractivity contribution in [3.63, 3.8) is 0 Å². The Hall–Kier alpha value is -1.17. The van der Waals surface area contributed by atoms with Gasteiger partial charge in [-0.1, -0.05) is 17.7 Å². The van der Waals surface area contributed by atoms with Crippen LogP contribution < -0.4 is 4.18 Å². The molecule has 0 amide bonds. The van der Waals surface area contributed by atoms with Crippen molar-refractivity contribution in [2.75, 3.05) is 0 Å². The van der Waals surface area contributed by atoms with E-state index in [4.69, 9.17) is 4.18 Å². The second-order valence-corrected chi connectivity index (χ2v) is 8.49. The van der Waals surface area contributed by atoms with Crippen LogP contribution in [0.5, 0.6) is 5.75 Å². The van der Waals surface area contributed by atoms with E-state index >= 15 is 0 Å². The summed E-state index contributed by atoms with van der Waals surface area (Å²) < 4.78 is 62.2. The third-order valence-corrected chi connectivity index (χ3v) is 5.62. The summed E-state index contributed by atoms with van der Waals surface area (Å²) in [5.41, 5.74) is 0.901. The Morgan fingerprint density at radius 2 is 1.50 bits per heavy atom. The van der Waals surface area contributed by atoms with Crippen LogP contribution in [-0.2, 0) is 20.2 Å². The summed E-state index contributed by atoms with van der Waals surface area (Å²) >= 11 is 1.70. The monoisotopic (exact) mass is 453 g/mol. The lowest BCUT2D eigenvalue weighted by Gasteiger charge is -2.11. The highest BCUT2D eigenvalue weighted by Gasteiger charge is 2.18. The summed E-state index contributed by atoms with van der Waals surface area (Å²) in [6.07, 6.45) is 0. The van der Waals surface area contributed by atoms with E-state index in [-0.39, 0.29) is 14.2 Å². The van der Waals surface area contributed by atoms with Crippen molar-refractivity contribution in [3.8, 4) is 5.75 Å². The van der Waals surface area contributed by atoms with Gasteiger partial charge in [0.05, 0.1) is 8.47 Å².